The van der Waals surface area contributed by atoms with E-state index in [9.17, 15) is 4.79 Å². The summed E-state index contributed by atoms with van der Waals surface area (Å²) in [5.41, 5.74) is 1.85. The number of carbonyl (C=O) groups excluding carboxylic acids is 1. The molecule has 1 amide bonds. The van der Waals surface area contributed by atoms with Crippen LogP contribution >= 0.6 is 0 Å². The molecule has 0 aliphatic heterocycles. The van der Waals surface area contributed by atoms with Crippen LogP contribution in [0.15, 0.2) is 30.3 Å². The number of ether oxygens (including phenoxy) is 1. The van der Waals surface area contributed by atoms with E-state index in [0.717, 1.165) is 18.0 Å². The molecule has 2 N–H and O–H groups in total. The Hall–Kier alpha value is -2.67. The monoisotopic (exact) mass is 329 g/mol. The summed E-state index contributed by atoms with van der Waals surface area (Å²) in [6.45, 7) is 3.16. The van der Waals surface area contributed by atoms with Crippen LogP contribution in [0.3, 0.4) is 0 Å². The highest BCUT2D eigenvalue weighted by molar-refractivity contribution is 5.92. The molecule has 7 heteroatoms. The number of hydrogen-bond donors (Lipinski definition) is 2. The van der Waals surface area contributed by atoms with Gasteiger partial charge in [-0.3, -0.25) is 4.79 Å². The third kappa shape index (κ3) is 5.20. The third-order valence-electron chi connectivity index (χ3n) is 3.26. The molecule has 2 aromatic rings. The lowest BCUT2D eigenvalue weighted by molar-refractivity contribution is 0.0946. The van der Waals surface area contributed by atoms with Crippen LogP contribution in [0.25, 0.3) is 0 Å². The van der Waals surface area contributed by atoms with Crippen molar-refractivity contribution in [2.75, 3.05) is 39.6 Å². The van der Waals surface area contributed by atoms with Gasteiger partial charge in [-0.05, 0) is 39.2 Å². The van der Waals surface area contributed by atoms with Gasteiger partial charge in [0.2, 0.25) is 5.95 Å². The summed E-state index contributed by atoms with van der Waals surface area (Å²) in [5.74, 6) is 0.895. The number of methoxy groups -OCH3 is 1. The van der Waals surface area contributed by atoms with Crippen LogP contribution in [0.1, 0.15) is 16.2 Å². The Morgan fingerprint density at radius 2 is 2.04 bits per heavy atom. The molecule has 0 aliphatic rings. The number of amides is 1. The molecule has 0 spiro atoms. The smallest absolute Gasteiger partial charge is 0.270 e. The Balaban J connectivity index is 2.11. The molecule has 0 bridgehead atoms. The standard InChI is InChI=1S/C17H23N5O2/c1-12-10-15(16(23)18-8-9-22(2)3)21-17(19-12)20-13-6-5-7-14(11-13)24-4/h5-7,10-11H,8-9H2,1-4H3,(H,18,23)(H,19,20,21). The van der Waals surface area contributed by atoms with Crippen LogP contribution in [-0.4, -0.2) is 55.1 Å². The number of rotatable bonds is 7. The lowest BCUT2D eigenvalue weighted by Crippen LogP contribution is -2.32. The summed E-state index contributed by atoms with van der Waals surface area (Å²) in [7, 11) is 5.52. The van der Waals surface area contributed by atoms with Gasteiger partial charge in [0.25, 0.3) is 5.91 Å². The Morgan fingerprint density at radius 1 is 1.25 bits per heavy atom. The van der Waals surface area contributed by atoms with E-state index >= 15 is 0 Å². The Bertz CT molecular complexity index is 703. The normalized spacial score (nSPS) is 10.5. The maximum atomic E-state index is 12.2. The van der Waals surface area contributed by atoms with E-state index < -0.39 is 0 Å². The van der Waals surface area contributed by atoms with Gasteiger partial charge in [0, 0.05) is 30.5 Å². The van der Waals surface area contributed by atoms with Gasteiger partial charge in [-0.2, -0.15) is 0 Å². The van der Waals surface area contributed by atoms with Crippen molar-refractivity contribution in [3.8, 4) is 5.75 Å². The lowest BCUT2D eigenvalue weighted by atomic mass is 10.3. The molecule has 0 aliphatic carbocycles. The van der Waals surface area contributed by atoms with Crippen molar-refractivity contribution in [2.24, 2.45) is 0 Å². The van der Waals surface area contributed by atoms with Gasteiger partial charge in [0.05, 0.1) is 7.11 Å². The summed E-state index contributed by atoms with van der Waals surface area (Å²) < 4.78 is 5.19. The number of aromatic nitrogens is 2. The van der Waals surface area contributed by atoms with Crippen molar-refractivity contribution in [3.63, 3.8) is 0 Å². The zero-order valence-corrected chi connectivity index (χ0v) is 14.5. The number of aryl methyl sites for hydroxylation is 1. The number of hydrogen-bond acceptors (Lipinski definition) is 6. The fourth-order valence-electron chi connectivity index (χ4n) is 2.05. The number of carbonyl (C=O) groups is 1. The van der Waals surface area contributed by atoms with Crippen LogP contribution in [-0.2, 0) is 0 Å². The second-order valence-electron chi connectivity index (χ2n) is 5.63. The predicted octanol–water partition coefficient (Wildman–Crippen LogP) is 1.83. The van der Waals surface area contributed by atoms with Gasteiger partial charge in [-0.1, -0.05) is 6.07 Å². The third-order valence-corrected chi connectivity index (χ3v) is 3.26. The second-order valence-corrected chi connectivity index (χ2v) is 5.63. The molecule has 128 valence electrons. The predicted molar refractivity (Wildman–Crippen MR) is 93.9 cm³/mol. The Labute approximate surface area is 142 Å². The average Bonchev–Trinajstić information content (AvgIpc) is 2.54. The minimum absolute atomic E-state index is 0.212. The molecule has 0 saturated carbocycles. The zero-order chi connectivity index (χ0) is 17.5. The topological polar surface area (TPSA) is 79.4 Å². The molecule has 0 saturated heterocycles. The fourth-order valence-corrected chi connectivity index (χ4v) is 2.05. The zero-order valence-electron chi connectivity index (χ0n) is 14.5. The molecule has 0 unspecified atom stereocenters. The highest BCUT2D eigenvalue weighted by Crippen LogP contribution is 2.19. The van der Waals surface area contributed by atoms with Crippen molar-refractivity contribution < 1.29 is 9.53 Å². The maximum absolute atomic E-state index is 12.2. The minimum Gasteiger partial charge on any atom is -0.497 e. The molecule has 24 heavy (non-hydrogen) atoms. The number of nitrogens with one attached hydrogen (secondary N) is 2. The molecular formula is C17H23N5O2. The quantitative estimate of drug-likeness (QED) is 0.807. The fraction of sp³-hybridized carbons (Fsp3) is 0.353. The van der Waals surface area contributed by atoms with Crippen LogP contribution < -0.4 is 15.4 Å². The molecule has 0 atom stereocenters. The van der Waals surface area contributed by atoms with E-state index in [0.29, 0.717) is 23.9 Å². The van der Waals surface area contributed by atoms with E-state index in [2.05, 4.69) is 20.6 Å². The van der Waals surface area contributed by atoms with Gasteiger partial charge in [-0.15, -0.1) is 0 Å². The molecule has 0 fully saturated rings. The number of anilines is 2. The van der Waals surface area contributed by atoms with Crippen LogP contribution in [0, 0.1) is 6.92 Å². The van der Waals surface area contributed by atoms with Crippen molar-refractivity contribution in [3.05, 3.63) is 41.7 Å². The number of benzene rings is 1. The summed E-state index contributed by atoms with van der Waals surface area (Å²) in [6.07, 6.45) is 0. The molecule has 7 nitrogen and oxygen atoms in total. The summed E-state index contributed by atoms with van der Waals surface area (Å²) in [4.78, 5) is 22.8. The van der Waals surface area contributed by atoms with E-state index in [-0.39, 0.29) is 5.91 Å². The van der Waals surface area contributed by atoms with Crippen LogP contribution in [0.4, 0.5) is 11.6 Å². The van der Waals surface area contributed by atoms with E-state index in [4.69, 9.17) is 4.74 Å². The van der Waals surface area contributed by atoms with Gasteiger partial charge in [-0.25, -0.2) is 9.97 Å². The summed E-state index contributed by atoms with van der Waals surface area (Å²) >= 11 is 0. The molecule has 2 rings (SSSR count). The molecule has 1 heterocycles. The molecular weight excluding hydrogens is 306 g/mol. The molecule has 0 radical (unpaired) electrons. The first-order valence-electron chi connectivity index (χ1n) is 7.67. The van der Waals surface area contributed by atoms with E-state index in [1.165, 1.54) is 0 Å². The number of nitrogens with zero attached hydrogens (tertiary/aromatic N) is 3. The SMILES string of the molecule is COc1cccc(Nc2nc(C)cc(C(=O)NCCN(C)C)n2)c1. The second kappa shape index (κ2) is 8.26. The van der Waals surface area contributed by atoms with Crippen molar-refractivity contribution >= 4 is 17.5 Å². The van der Waals surface area contributed by atoms with Crippen LogP contribution in [0.2, 0.25) is 0 Å². The maximum Gasteiger partial charge on any atom is 0.270 e. The minimum atomic E-state index is -0.212. The van der Waals surface area contributed by atoms with E-state index in [1.54, 1.807) is 13.2 Å². The lowest BCUT2D eigenvalue weighted by Gasteiger charge is -2.11. The van der Waals surface area contributed by atoms with Gasteiger partial charge in [0.15, 0.2) is 0 Å². The van der Waals surface area contributed by atoms with Crippen molar-refractivity contribution in [1.82, 2.24) is 20.2 Å². The first-order chi connectivity index (χ1) is 11.5. The summed E-state index contributed by atoms with van der Waals surface area (Å²) in [5, 5.41) is 5.95. The van der Waals surface area contributed by atoms with Crippen LogP contribution in [0.5, 0.6) is 5.75 Å². The highest BCUT2D eigenvalue weighted by atomic mass is 16.5. The Morgan fingerprint density at radius 3 is 2.75 bits per heavy atom. The number of likely N-dealkylation sites (N-methyl/N-ethyl adjacent to an activating group) is 1. The largest absolute Gasteiger partial charge is 0.497 e. The van der Waals surface area contributed by atoms with Gasteiger partial charge in [0.1, 0.15) is 11.4 Å². The first-order valence-corrected chi connectivity index (χ1v) is 7.67. The Kier molecular flexibility index (Phi) is 6.08. The van der Waals surface area contributed by atoms with Gasteiger partial charge < -0.3 is 20.3 Å². The molecule has 1 aromatic heterocycles. The first kappa shape index (κ1) is 17.7. The van der Waals surface area contributed by atoms with Crippen molar-refractivity contribution in [1.29, 1.82) is 0 Å². The average molecular weight is 329 g/mol. The van der Waals surface area contributed by atoms with E-state index in [1.807, 2.05) is 50.2 Å². The van der Waals surface area contributed by atoms with Gasteiger partial charge >= 0.3 is 0 Å². The molecule has 1 aromatic carbocycles. The summed E-state index contributed by atoms with van der Waals surface area (Å²) in [6, 6.07) is 9.10. The highest BCUT2D eigenvalue weighted by Gasteiger charge is 2.10. The van der Waals surface area contributed by atoms with Crippen molar-refractivity contribution in [2.45, 2.75) is 6.92 Å².